The molecule has 2 aromatic heterocycles. The number of rotatable bonds is 6. The topological polar surface area (TPSA) is 38.7 Å². The van der Waals surface area contributed by atoms with Gasteiger partial charge in [0, 0.05) is 40.1 Å². The van der Waals surface area contributed by atoms with E-state index in [4.69, 9.17) is 9.97 Å². The summed E-state index contributed by atoms with van der Waals surface area (Å²) in [7, 11) is 0. The molecule has 0 N–H and O–H groups in total. The molecule has 3 nitrogen and oxygen atoms in total. The number of hydrogen-bond acceptors (Lipinski definition) is 3. The van der Waals surface area contributed by atoms with Crippen LogP contribution in [0.2, 0.25) is 0 Å². The molecular formula is C52H37N3. The average Bonchev–Trinajstić information content (AvgIpc) is 3.49. The van der Waals surface area contributed by atoms with Crippen molar-refractivity contribution in [3.8, 4) is 78.4 Å². The largest absolute Gasteiger partial charge is 0.264 e. The maximum Gasteiger partial charge on any atom is 0.160 e. The van der Waals surface area contributed by atoms with E-state index >= 15 is 0 Å². The molecule has 0 saturated heterocycles. The summed E-state index contributed by atoms with van der Waals surface area (Å²) in [5.74, 6) is 0.695. The second-order valence-electron chi connectivity index (χ2n) is 14.8. The van der Waals surface area contributed by atoms with E-state index in [1.807, 2.05) is 30.5 Å². The monoisotopic (exact) mass is 703 g/mol. The highest BCUT2D eigenvalue weighted by molar-refractivity contribution is 6.05. The van der Waals surface area contributed by atoms with E-state index in [9.17, 15) is 0 Å². The maximum atomic E-state index is 5.23. The molecule has 0 unspecified atom stereocenters. The molecule has 0 atom stereocenters. The first-order chi connectivity index (χ1) is 27.0. The average molecular weight is 704 g/mol. The second-order valence-corrected chi connectivity index (χ2v) is 14.8. The van der Waals surface area contributed by atoms with Crippen LogP contribution < -0.4 is 0 Å². The molecule has 0 amide bonds. The van der Waals surface area contributed by atoms with Crippen LogP contribution in [0.15, 0.2) is 188 Å². The van der Waals surface area contributed by atoms with Crippen LogP contribution in [0.1, 0.15) is 25.0 Å². The predicted molar refractivity (Wildman–Crippen MR) is 228 cm³/mol. The van der Waals surface area contributed by atoms with Crippen LogP contribution in [0.4, 0.5) is 0 Å². The Morgan fingerprint density at radius 2 is 0.964 bits per heavy atom. The first kappa shape index (κ1) is 32.7. The second kappa shape index (κ2) is 13.2. The Labute approximate surface area is 321 Å². The van der Waals surface area contributed by atoms with Gasteiger partial charge in [0.1, 0.15) is 0 Å². The van der Waals surface area contributed by atoms with Gasteiger partial charge in [-0.15, -0.1) is 0 Å². The van der Waals surface area contributed by atoms with Crippen LogP contribution in [0.25, 0.3) is 89.2 Å². The Morgan fingerprint density at radius 3 is 1.78 bits per heavy atom. The highest BCUT2D eigenvalue weighted by Gasteiger charge is 2.36. The van der Waals surface area contributed by atoms with Crippen molar-refractivity contribution in [1.29, 1.82) is 0 Å². The molecule has 9 aromatic rings. The van der Waals surface area contributed by atoms with Gasteiger partial charge >= 0.3 is 0 Å². The Bertz CT molecular complexity index is 2890. The Balaban J connectivity index is 1.11. The summed E-state index contributed by atoms with van der Waals surface area (Å²) < 4.78 is 0. The van der Waals surface area contributed by atoms with Crippen molar-refractivity contribution in [3.63, 3.8) is 0 Å². The Hall–Kier alpha value is -6.97. The third-order valence-corrected chi connectivity index (χ3v) is 11.2. The third-order valence-electron chi connectivity index (χ3n) is 11.2. The lowest BCUT2D eigenvalue weighted by molar-refractivity contribution is 0.660. The van der Waals surface area contributed by atoms with Gasteiger partial charge in [0.05, 0.1) is 11.4 Å². The maximum absolute atomic E-state index is 5.23. The fourth-order valence-corrected chi connectivity index (χ4v) is 8.46. The number of benzene rings is 7. The molecule has 0 radical (unpaired) electrons. The highest BCUT2D eigenvalue weighted by atomic mass is 14.9. The van der Waals surface area contributed by atoms with Crippen molar-refractivity contribution >= 4 is 10.8 Å². The van der Waals surface area contributed by atoms with Gasteiger partial charge in [-0.1, -0.05) is 166 Å². The lowest BCUT2D eigenvalue weighted by atomic mass is 9.82. The molecule has 0 bridgehead atoms. The van der Waals surface area contributed by atoms with E-state index in [-0.39, 0.29) is 5.41 Å². The van der Waals surface area contributed by atoms with Crippen molar-refractivity contribution in [2.45, 2.75) is 19.3 Å². The summed E-state index contributed by atoms with van der Waals surface area (Å²) in [4.78, 5) is 14.7. The zero-order chi connectivity index (χ0) is 36.9. The lowest BCUT2D eigenvalue weighted by Crippen LogP contribution is -2.14. The quantitative estimate of drug-likeness (QED) is 0.173. The molecule has 0 spiro atoms. The number of fused-ring (bicyclic) bond motifs is 4. The summed E-state index contributed by atoms with van der Waals surface area (Å²) in [5.41, 5.74) is 17.3. The van der Waals surface area contributed by atoms with Gasteiger partial charge in [-0.25, -0.2) is 9.97 Å². The van der Waals surface area contributed by atoms with Gasteiger partial charge < -0.3 is 0 Å². The standard InChI is InChI=1S/C52H37N3/c1-52(2)46-25-9-8-23-45(46)50-41(24-12-26-47(50)52)37-18-11-17-36(31-37)40-27-28-44(43-22-7-6-21-42(40)43)49-32-48(54-51(55-49)34-14-4-3-5-15-34)38-19-10-16-35(30-38)39-20-13-29-53-33-39/h3-33H,1-2H3. The molecule has 1 aliphatic rings. The highest BCUT2D eigenvalue weighted by Crippen LogP contribution is 2.52. The minimum Gasteiger partial charge on any atom is -0.264 e. The Kier molecular flexibility index (Phi) is 7.81. The van der Waals surface area contributed by atoms with Crippen LogP contribution in [0, 0.1) is 0 Å². The van der Waals surface area contributed by atoms with E-state index in [0.29, 0.717) is 5.82 Å². The van der Waals surface area contributed by atoms with Crippen molar-refractivity contribution in [2.24, 2.45) is 0 Å². The van der Waals surface area contributed by atoms with E-state index < -0.39 is 0 Å². The third kappa shape index (κ3) is 5.64. The molecule has 10 rings (SSSR count). The molecule has 260 valence electrons. The van der Waals surface area contributed by atoms with Gasteiger partial charge in [0.2, 0.25) is 0 Å². The van der Waals surface area contributed by atoms with Crippen LogP contribution in [0.5, 0.6) is 0 Å². The molecule has 3 heteroatoms. The smallest absolute Gasteiger partial charge is 0.160 e. The molecular weight excluding hydrogens is 667 g/mol. The number of nitrogens with zero attached hydrogens (tertiary/aromatic N) is 3. The van der Waals surface area contributed by atoms with Crippen LogP contribution in [-0.2, 0) is 5.41 Å². The first-order valence-corrected chi connectivity index (χ1v) is 18.8. The minimum atomic E-state index is -0.0466. The summed E-state index contributed by atoms with van der Waals surface area (Å²) in [5, 5.41) is 2.33. The predicted octanol–water partition coefficient (Wildman–Crippen LogP) is 13.3. The number of pyridine rings is 1. The fraction of sp³-hybridized carbons (Fsp3) is 0.0577. The molecule has 7 aromatic carbocycles. The van der Waals surface area contributed by atoms with Crippen molar-refractivity contribution < 1.29 is 0 Å². The zero-order valence-corrected chi connectivity index (χ0v) is 30.7. The van der Waals surface area contributed by atoms with Crippen LogP contribution in [0.3, 0.4) is 0 Å². The van der Waals surface area contributed by atoms with Crippen molar-refractivity contribution in [2.75, 3.05) is 0 Å². The zero-order valence-electron chi connectivity index (χ0n) is 30.7. The normalized spacial score (nSPS) is 12.7. The van der Waals surface area contributed by atoms with Crippen LogP contribution >= 0.6 is 0 Å². The van der Waals surface area contributed by atoms with Gasteiger partial charge in [0.25, 0.3) is 0 Å². The van der Waals surface area contributed by atoms with Crippen molar-refractivity contribution in [3.05, 3.63) is 199 Å². The first-order valence-electron chi connectivity index (χ1n) is 18.8. The van der Waals surface area contributed by atoms with Crippen molar-refractivity contribution in [1.82, 2.24) is 15.0 Å². The van der Waals surface area contributed by atoms with Gasteiger partial charge in [0.15, 0.2) is 5.82 Å². The molecule has 1 aliphatic carbocycles. The van der Waals surface area contributed by atoms with Crippen LogP contribution in [-0.4, -0.2) is 15.0 Å². The molecule has 2 heterocycles. The van der Waals surface area contributed by atoms with Gasteiger partial charge in [-0.05, 0) is 85.1 Å². The molecule has 0 aliphatic heterocycles. The molecule has 0 fully saturated rings. The summed E-state index contributed by atoms with van der Waals surface area (Å²) in [6.07, 6.45) is 3.70. The van der Waals surface area contributed by atoms with E-state index in [0.717, 1.165) is 44.6 Å². The molecule has 0 saturated carbocycles. The summed E-state index contributed by atoms with van der Waals surface area (Å²) in [6, 6.07) is 62.9. The number of hydrogen-bond donors (Lipinski definition) is 0. The number of aromatic nitrogens is 3. The van der Waals surface area contributed by atoms with E-state index in [1.54, 1.807) is 6.20 Å². The fourth-order valence-electron chi connectivity index (χ4n) is 8.46. The van der Waals surface area contributed by atoms with E-state index in [1.165, 1.54) is 49.9 Å². The SMILES string of the molecule is CC1(C)c2ccccc2-c2c(-c3cccc(-c4ccc(-c5cc(-c6cccc(-c7cccnc7)c6)nc(-c6ccccc6)n5)c5ccccc45)c3)cccc21. The summed E-state index contributed by atoms with van der Waals surface area (Å²) in [6.45, 7) is 4.68. The van der Waals surface area contributed by atoms with E-state index in [2.05, 4.69) is 170 Å². The Morgan fingerprint density at radius 1 is 0.382 bits per heavy atom. The van der Waals surface area contributed by atoms with Gasteiger partial charge in [-0.3, -0.25) is 4.98 Å². The van der Waals surface area contributed by atoms with Gasteiger partial charge in [-0.2, -0.15) is 0 Å². The lowest BCUT2D eigenvalue weighted by Gasteiger charge is -2.21. The summed E-state index contributed by atoms with van der Waals surface area (Å²) >= 11 is 0. The molecule has 55 heavy (non-hydrogen) atoms. The minimum absolute atomic E-state index is 0.0466.